The van der Waals surface area contributed by atoms with Crippen LogP contribution >= 0.6 is 23.5 Å². The van der Waals surface area contributed by atoms with Crippen molar-refractivity contribution < 1.29 is 19.1 Å². The van der Waals surface area contributed by atoms with Gasteiger partial charge in [-0.1, -0.05) is 51.0 Å². The molecule has 6 rings (SSSR count). The van der Waals surface area contributed by atoms with E-state index in [4.69, 9.17) is 9.47 Å². The highest BCUT2D eigenvalue weighted by Crippen LogP contribution is 2.70. The van der Waals surface area contributed by atoms with Crippen molar-refractivity contribution in [1.82, 2.24) is 21.3 Å². The van der Waals surface area contributed by atoms with Crippen molar-refractivity contribution >= 4 is 45.4 Å². The van der Waals surface area contributed by atoms with Crippen LogP contribution in [0.15, 0.2) is 83.0 Å². The number of hydrogen-bond donors (Lipinski definition) is 4. The van der Waals surface area contributed by atoms with Crippen LogP contribution in [0.25, 0.3) is 9.81 Å². The molecule has 2 aliphatic carbocycles. The van der Waals surface area contributed by atoms with Crippen LogP contribution in [0.3, 0.4) is 0 Å². The molecule has 2 unspecified atom stereocenters. The lowest BCUT2D eigenvalue weighted by Crippen LogP contribution is -2.47. The minimum Gasteiger partial charge on any atom is -0.494 e. The first kappa shape index (κ1) is 38.9. The van der Waals surface area contributed by atoms with Crippen LogP contribution in [-0.2, 0) is 0 Å². The Morgan fingerprint density at radius 3 is 1.36 bits per heavy atom. The first-order valence-electron chi connectivity index (χ1n) is 19.5. The van der Waals surface area contributed by atoms with Crippen LogP contribution in [0.4, 0.5) is 9.59 Å². The third-order valence-corrected chi connectivity index (χ3v) is 14.0. The number of carbonyl (C=O) groups is 2. The van der Waals surface area contributed by atoms with E-state index >= 15 is 0 Å². The Bertz CT molecular complexity index is 1620. The Labute approximate surface area is 324 Å². The molecule has 0 bridgehead atoms. The second-order valence-corrected chi connectivity index (χ2v) is 17.4. The van der Waals surface area contributed by atoms with E-state index in [1.54, 1.807) is 11.1 Å². The normalized spacial score (nSPS) is 21.4. The summed E-state index contributed by atoms with van der Waals surface area (Å²) in [5, 5.41) is 11.6. The van der Waals surface area contributed by atoms with Gasteiger partial charge in [0.1, 0.15) is 11.5 Å². The first-order valence-corrected chi connectivity index (χ1v) is 21.2. The summed E-state index contributed by atoms with van der Waals surface area (Å²) in [6.07, 6.45) is 14.1. The number of ether oxygens (including phenoxy) is 2. The van der Waals surface area contributed by atoms with Crippen molar-refractivity contribution in [1.29, 1.82) is 0 Å². The SMILES string of the molecule is CCCCNC(=O)NCCCOc1ccc(C2=CC3=C4CCCC4=C4C=C(c5ccc(OCCCNC(=O)NCCCC)cc5)SC4(C)C3(C)S2)cc1. The molecule has 2 atom stereocenters. The Hall–Kier alpha value is -3.76. The van der Waals surface area contributed by atoms with Crippen molar-refractivity contribution in [2.45, 2.75) is 95.0 Å². The fourth-order valence-electron chi connectivity index (χ4n) is 7.47. The van der Waals surface area contributed by atoms with Gasteiger partial charge in [-0.2, -0.15) is 0 Å². The number of carbonyl (C=O) groups excluding carboxylic acids is 2. The number of urea groups is 2. The standard InChI is InChI=1S/C43H56N4O4S2/c1-5-7-22-44-40(48)46-24-10-26-50-32-18-14-30(15-19-32)38-28-36-34-12-9-13-35(34)37-29-39(53-43(37,4)42(36,3)52-38)31-16-20-33(21-17-31)51-27-11-25-47-41(49)45-23-8-6-2/h14-21,28-29H,5-13,22-27H2,1-4H3,(H2,44,46,48)(H2,45,47,49). The highest BCUT2D eigenvalue weighted by Gasteiger charge is 2.59. The maximum absolute atomic E-state index is 11.9. The van der Waals surface area contributed by atoms with Gasteiger partial charge in [0.05, 0.1) is 22.7 Å². The van der Waals surface area contributed by atoms with Crippen LogP contribution in [0, 0.1) is 0 Å². The molecule has 0 spiro atoms. The maximum Gasteiger partial charge on any atom is 0.314 e. The van der Waals surface area contributed by atoms with E-state index < -0.39 is 0 Å². The fraction of sp³-hybridized carbons (Fsp3) is 0.488. The van der Waals surface area contributed by atoms with Gasteiger partial charge in [0.25, 0.3) is 0 Å². The van der Waals surface area contributed by atoms with Gasteiger partial charge in [-0.3, -0.25) is 0 Å². The molecule has 4 N–H and O–H groups in total. The number of unbranched alkanes of at least 4 members (excludes halogenated alkanes) is 2. The van der Waals surface area contributed by atoms with Gasteiger partial charge in [-0.25, -0.2) is 9.59 Å². The van der Waals surface area contributed by atoms with Crippen LogP contribution in [0.5, 0.6) is 11.5 Å². The molecule has 4 amide bonds. The average Bonchev–Trinajstić information content (AvgIpc) is 3.88. The summed E-state index contributed by atoms with van der Waals surface area (Å²) in [4.78, 5) is 26.3. The van der Waals surface area contributed by atoms with Crippen LogP contribution in [0.2, 0.25) is 0 Å². The molecule has 1 saturated carbocycles. The van der Waals surface area contributed by atoms with Gasteiger partial charge < -0.3 is 30.7 Å². The topological polar surface area (TPSA) is 101 Å². The lowest BCUT2D eigenvalue weighted by Gasteiger charge is -2.47. The van der Waals surface area contributed by atoms with Crippen molar-refractivity contribution in [3.63, 3.8) is 0 Å². The molecule has 8 nitrogen and oxygen atoms in total. The second-order valence-electron chi connectivity index (χ2n) is 14.5. The number of hydrogen-bond acceptors (Lipinski definition) is 6. The molecule has 2 aromatic carbocycles. The Morgan fingerprint density at radius 1 is 0.604 bits per heavy atom. The number of rotatable bonds is 18. The number of fused-ring (bicyclic) bond motifs is 4. The first-order chi connectivity index (χ1) is 25.8. The molecule has 53 heavy (non-hydrogen) atoms. The van der Waals surface area contributed by atoms with E-state index in [2.05, 4.69) is 110 Å². The number of amides is 4. The van der Waals surface area contributed by atoms with Crippen LogP contribution in [-0.4, -0.2) is 60.9 Å². The molecule has 10 heteroatoms. The minimum atomic E-state index is -0.110. The van der Waals surface area contributed by atoms with Crippen molar-refractivity contribution in [3.8, 4) is 11.5 Å². The van der Waals surface area contributed by atoms with E-state index in [1.165, 1.54) is 38.5 Å². The molecular weight excluding hydrogens is 701 g/mol. The molecule has 2 aliphatic heterocycles. The lowest BCUT2D eigenvalue weighted by atomic mass is 9.72. The zero-order chi connectivity index (χ0) is 37.3. The fourth-order valence-corrected chi connectivity index (χ4v) is 10.7. The average molecular weight is 757 g/mol. The Balaban J connectivity index is 1.04. The minimum absolute atomic E-state index is 0.0985. The zero-order valence-electron chi connectivity index (χ0n) is 31.8. The van der Waals surface area contributed by atoms with Gasteiger partial charge in [0.15, 0.2) is 0 Å². The van der Waals surface area contributed by atoms with E-state index in [0.717, 1.165) is 62.9 Å². The molecule has 4 aliphatic rings. The van der Waals surface area contributed by atoms with Gasteiger partial charge in [-0.05, 0) is 129 Å². The maximum atomic E-state index is 11.9. The highest BCUT2D eigenvalue weighted by atomic mass is 32.2. The Morgan fingerprint density at radius 2 is 0.981 bits per heavy atom. The van der Waals surface area contributed by atoms with Gasteiger partial charge in [0, 0.05) is 36.0 Å². The molecular formula is C43H56N4O4S2. The number of thioether (sulfide) groups is 2. The summed E-state index contributed by atoms with van der Waals surface area (Å²) >= 11 is 4.02. The Kier molecular flexibility index (Phi) is 13.3. The van der Waals surface area contributed by atoms with E-state index in [1.807, 2.05) is 23.5 Å². The molecule has 2 aromatic rings. The molecule has 284 valence electrons. The zero-order valence-corrected chi connectivity index (χ0v) is 33.5. The van der Waals surface area contributed by atoms with Crippen LogP contribution in [0.1, 0.15) is 96.6 Å². The smallest absolute Gasteiger partial charge is 0.314 e. The van der Waals surface area contributed by atoms with E-state index in [0.29, 0.717) is 39.4 Å². The van der Waals surface area contributed by atoms with Crippen molar-refractivity contribution in [2.75, 3.05) is 39.4 Å². The molecule has 2 heterocycles. The second kappa shape index (κ2) is 18.0. The number of allylic oxidation sites excluding steroid dienone is 4. The third kappa shape index (κ3) is 8.97. The lowest BCUT2D eigenvalue weighted by molar-refractivity contribution is 0.238. The highest BCUT2D eigenvalue weighted by molar-refractivity contribution is 8.14. The predicted molar refractivity (Wildman–Crippen MR) is 222 cm³/mol. The summed E-state index contributed by atoms with van der Waals surface area (Å²) in [6.45, 7) is 12.8. The molecule has 0 aromatic heterocycles. The van der Waals surface area contributed by atoms with E-state index in [-0.39, 0.29) is 21.6 Å². The van der Waals surface area contributed by atoms with E-state index in [9.17, 15) is 9.59 Å². The van der Waals surface area contributed by atoms with Crippen molar-refractivity contribution in [3.05, 3.63) is 94.1 Å². The van der Waals surface area contributed by atoms with Crippen LogP contribution < -0.4 is 30.7 Å². The molecule has 0 saturated heterocycles. The quantitative estimate of drug-likeness (QED) is 0.113. The summed E-state index contributed by atoms with van der Waals surface area (Å²) in [5.74, 6) is 1.69. The van der Waals surface area contributed by atoms with Crippen molar-refractivity contribution in [2.24, 2.45) is 0 Å². The number of benzene rings is 2. The van der Waals surface area contributed by atoms with Gasteiger partial charge in [-0.15, -0.1) is 23.5 Å². The summed E-state index contributed by atoms with van der Waals surface area (Å²) < 4.78 is 11.8. The number of nitrogens with one attached hydrogen (secondary N) is 4. The largest absolute Gasteiger partial charge is 0.494 e. The van der Waals surface area contributed by atoms with Gasteiger partial charge in [0.2, 0.25) is 0 Å². The third-order valence-electron chi connectivity index (χ3n) is 10.6. The molecule has 0 radical (unpaired) electrons. The molecule has 1 fully saturated rings. The summed E-state index contributed by atoms with van der Waals surface area (Å²) in [6, 6.07) is 16.8. The summed E-state index contributed by atoms with van der Waals surface area (Å²) in [5.41, 5.74) is 8.57. The predicted octanol–water partition coefficient (Wildman–Crippen LogP) is 9.61. The van der Waals surface area contributed by atoms with Gasteiger partial charge >= 0.3 is 12.1 Å². The summed E-state index contributed by atoms with van der Waals surface area (Å²) in [7, 11) is 0. The monoisotopic (exact) mass is 756 g/mol.